The molecule has 0 bridgehead atoms. The molecule has 3 heteroatoms. The van der Waals surface area contributed by atoms with Gasteiger partial charge in [-0.05, 0) is 0 Å². The van der Waals surface area contributed by atoms with Gasteiger partial charge in [-0.25, -0.2) is 5.01 Å². The molecule has 0 unspecified atom stereocenters. The lowest BCUT2D eigenvalue weighted by molar-refractivity contribution is -0.0327. The van der Waals surface area contributed by atoms with Crippen LogP contribution in [0.1, 0.15) is 0 Å². The summed E-state index contributed by atoms with van der Waals surface area (Å²) in [6, 6.07) is 0. The van der Waals surface area contributed by atoms with E-state index < -0.39 is 0 Å². The van der Waals surface area contributed by atoms with Crippen LogP contribution in [0.2, 0.25) is 0 Å². The molecule has 0 aromatic rings. The first kappa shape index (κ1) is 5.03. The maximum atomic E-state index is 5.01. The average molecular weight is 101 g/mol. The van der Waals surface area contributed by atoms with E-state index in [-0.39, 0.29) is 0 Å². The molecule has 7 heavy (non-hydrogen) atoms. The molecule has 0 aromatic carbocycles. The van der Waals surface area contributed by atoms with E-state index in [0.717, 1.165) is 13.2 Å². The number of rotatable bonds is 0. The fourth-order valence-corrected chi connectivity index (χ4v) is 0.514. The van der Waals surface area contributed by atoms with Crippen molar-refractivity contribution in [3.8, 4) is 0 Å². The van der Waals surface area contributed by atoms with Gasteiger partial charge in [0, 0.05) is 7.05 Å². The Bertz CT molecular complexity index is 51.7. The summed E-state index contributed by atoms with van der Waals surface area (Å²) >= 11 is 0. The van der Waals surface area contributed by atoms with Crippen LogP contribution >= 0.6 is 0 Å². The van der Waals surface area contributed by atoms with E-state index in [1.807, 2.05) is 7.05 Å². The molecule has 0 spiro atoms. The zero-order valence-electron chi connectivity index (χ0n) is 4.42. The van der Waals surface area contributed by atoms with Crippen molar-refractivity contribution in [1.82, 2.24) is 10.4 Å². The highest BCUT2D eigenvalue weighted by atomic mass is 16.5. The first-order valence-electron chi connectivity index (χ1n) is 2.36. The maximum Gasteiger partial charge on any atom is 0.113 e. The van der Waals surface area contributed by atoms with E-state index in [0.29, 0.717) is 6.73 Å². The van der Waals surface area contributed by atoms with Gasteiger partial charge in [-0.3, -0.25) is 0 Å². The molecule has 0 atom stereocenters. The average Bonchev–Trinajstić information content (AvgIpc) is 1.69. The molecule has 1 saturated heterocycles. The highest BCUT2D eigenvalue weighted by molar-refractivity contribution is 4.43. The molecule has 0 N–H and O–H groups in total. The van der Waals surface area contributed by atoms with Gasteiger partial charge < -0.3 is 4.74 Å². The predicted molar refractivity (Wildman–Crippen MR) is 25.6 cm³/mol. The van der Waals surface area contributed by atoms with Crippen molar-refractivity contribution in [2.45, 2.75) is 0 Å². The quantitative estimate of drug-likeness (QED) is 0.408. The number of hydrogen-bond donors (Lipinski definition) is 0. The number of hydrogen-bond acceptors (Lipinski definition) is 2. The first-order chi connectivity index (χ1) is 3.39. The van der Waals surface area contributed by atoms with Gasteiger partial charge in [0.25, 0.3) is 0 Å². The third-order valence-electron chi connectivity index (χ3n) is 0.855. The highest BCUT2D eigenvalue weighted by Crippen LogP contribution is 1.86. The normalized spacial score (nSPS) is 25.3. The van der Waals surface area contributed by atoms with E-state index in [2.05, 4.69) is 5.43 Å². The Kier molecular flexibility index (Phi) is 1.62. The van der Waals surface area contributed by atoms with Crippen LogP contribution in [0.15, 0.2) is 0 Å². The lowest BCUT2D eigenvalue weighted by atomic mass is 10.7. The van der Waals surface area contributed by atoms with E-state index >= 15 is 0 Å². The summed E-state index contributed by atoms with van der Waals surface area (Å²) in [4.78, 5) is 0. The van der Waals surface area contributed by atoms with Gasteiger partial charge in [0.1, 0.15) is 6.73 Å². The Labute approximate surface area is 43.2 Å². The van der Waals surface area contributed by atoms with Crippen molar-refractivity contribution in [3.05, 3.63) is 0 Å². The van der Waals surface area contributed by atoms with Gasteiger partial charge in [-0.2, -0.15) is 5.43 Å². The van der Waals surface area contributed by atoms with E-state index in [9.17, 15) is 0 Å². The molecule has 0 aromatic heterocycles. The Morgan fingerprint density at radius 3 is 2.86 bits per heavy atom. The van der Waals surface area contributed by atoms with Crippen LogP contribution < -0.4 is 5.43 Å². The van der Waals surface area contributed by atoms with Crippen molar-refractivity contribution < 1.29 is 4.74 Å². The zero-order chi connectivity index (χ0) is 5.11. The number of ether oxygens (including phenoxy) is 1. The summed E-state index contributed by atoms with van der Waals surface area (Å²) in [5.74, 6) is 0. The van der Waals surface area contributed by atoms with Crippen LogP contribution in [0.25, 0.3) is 0 Å². The largest absolute Gasteiger partial charge is 0.363 e. The Morgan fingerprint density at radius 1 is 1.71 bits per heavy atom. The van der Waals surface area contributed by atoms with Crippen molar-refractivity contribution >= 4 is 0 Å². The minimum atomic E-state index is 0.653. The fourth-order valence-electron chi connectivity index (χ4n) is 0.514. The summed E-state index contributed by atoms with van der Waals surface area (Å²) in [5, 5.41) is 1.80. The molecular formula is C4H9N2O. The van der Waals surface area contributed by atoms with Gasteiger partial charge in [-0.15, -0.1) is 0 Å². The Hall–Kier alpha value is -0.120. The van der Waals surface area contributed by atoms with Crippen molar-refractivity contribution in [3.63, 3.8) is 0 Å². The highest BCUT2D eigenvalue weighted by Gasteiger charge is 2.02. The standard InChI is InChI=1S/C4H9N2O/c1-6-4-7-3-2-5-6/h2-4H2,1H3. The summed E-state index contributed by atoms with van der Waals surface area (Å²) in [6.45, 7) is 2.25. The third kappa shape index (κ3) is 1.43. The van der Waals surface area contributed by atoms with Gasteiger partial charge in [0.05, 0.1) is 13.2 Å². The molecular weight excluding hydrogens is 92.1 g/mol. The molecule has 0 saturated carbocycles. The summed E-state index contributed by atoms with van der Waals surface area (Å²) < 4.78 is 5.01. The lowest BCUT2D eigenvalue weighted by Gasteiger charge is -2.20. The van der Waals surface area contributed by atoms with E-state index in [4.69, 9.17) is 4.74 Å². The minimum absolute atomic E-state index is 0.653. The SMILES string of the molecule is CN1COCC[N]1. The van der Waals surface area contributed by atoms with Gasteiger partial charge in [0.15, 0.2) is 0 Å². The molecule has 1 aliphatic rings. The molecule has 1 radical (unpaired) electrons. The van der Waals surface area contributed by atoms with Crippen LogP contribution in [0, 0.1) is 0 Å². The van der Waals surface area contributed by atoms with E-state index in [1.54, 1.807) is 5.01 Å². The molecule has 0 amide bonds. The van der Waals surface area contributed by atoms with Crippen molar-refractivity contribution in [2.75, 3.05) is 26.9 Å². The second-order valence-corrected chi connectivity index (χ2v) is 1.56. The van der Waals surface area contributed by atoms with Crippen LogP contribution in [0.4, 0.5) is 0 Å². The molecule has 41 valence electrons. The summed E-state index contributed by atoms with van der Waals surface area (Å²) in [7, 11) is 1.90. The Morgan fingerprint density at radius 2 is 2.57 bits per heavy atom. The van der Waals surface area contributed by atoms with Crippen LogP contribution in [-0.4, -0.2) is 31.9 Å². The monoisotopic (exact) mass is 101 g/mol. The molecule has 1 heterocycles. The maximum absolute atomic E-state index is 5.01. The predicted octanol–water partition coefficient (Wildman–Crippen LogP) is -0.575. The third-order valence-corrected chi connectivity index (χ3v) is 0.855. The van der Waals surface area contributed by atoms with Crippen LogP contribution in [-0.2, 0) is 4.74 Å². The molecule has 0 aliphatic carbocycles. The smallest absolute Gasteiger partial charge is 0.113 e. The van der Waals surface area contributed by atoms with Crippen molar-refractivity contribution in [2.24, 2.45) is 0 Å². The summed E-state index contributed by atoms with van der Waals surface area (Å²) in [6.07, 6.45) is 0. The minimum Gasteiger partial charge on any atom is -0.363 e. The van der Waals surface area contributed by atoms with Crippen molar-refractivity contribution in [1.29, 1.82) is 0 Å². The fraction of sp³-hybridized carbons (Fsp3) is 1.00. The number of nitrogens with zero attached hydrogens (tertiary/aromatic N) is 2. The van der Waals surface area contributed by atoms with Gasteiger partial charge in [0.2, 0.25) is 0 Å². The van der Waals surface area contributed by atoms with Gasteiger partial charge >= 0.3 is 0 Å². The molecule has 1 fully saturated rings. The molecule has 1 rings (SSSR count). The van der Waals surface area contributed by atoms with Crippen LogP contribution in [0.3, 0.4) is 0 Å². The van der Waals surface area contributed by atoms with Crippen LogP contribution in [0.5, 0.6) is 0 Å². The first-order valence-corrected chi connectivity index (χ1v) is 2.36. The summed E-state index contributed by atoms with van der Waals surface area (Å²) in [5.41, 5.74) is 4.04. The molecule has 1 aliphatic heterocycles. The van der Waals surface area contributed by atoms with E-state index in [1.165, 1.54) is 0 Å². The van der Waals surface area contributed by atoms with Gasteiger partial charge in [-0.1, -0.05) is 0 Å². The zero-order valence-corrected chi connectivity index (χ0v) is 4.42. The second kappa shape index (κ2) is 2.26. The Balaban J connectivity index is 2.12. The lowest BCUT2D eigenvalue weighted by Crippen LogP contribution is -2.37. The second-order valence-electron chi connectivity index (χ2n) is 1.56. The topological polar surface area (TPSA) is 26.6 Å². The molecule has 3 nitrogen and oxygen atoms in total.